The molecule has 5 N–H and O–H groups in total. The second-order valence-corrected chi connectivity index (χ2v) is 10.3. The zero-order valence-electron chi connectivity index (χ0n) is 19.7. The Hall–Kier alpha value is -2.40. The molecule has 0 radical (unpaired) electrons. The van der Waals surface area contributed by atoms with Crippen LogP contribution in [0.3, 0.4) is 0 Å². The number of likely N-dealkylation sites (tertiary alicyclic amines) is 1. The molecule has 11 heteroatoms. The third kappa shape index (κ3) is 7.33. The fraction of sp³-hybridized carbons (Fsp3) is 0.667. The molecule has 1 aromatic rings. The number of carbonyl (C=O) groups is 1. The van der Waals surface area contributed by atoms with Crippen molar-refractivity contribution in [2.75, 3.05) is 24.5 Å². The maximum atomic E-state index is 12.7. The summed E-state index contributed by atoms with van der Waals surface area (Å²) in [4.78, 5) is 21.1. The van der Waals surface area contributed by atoms with Crippen LogP contribution in [0, 0.1) is 11.4 Å². The highest BCUT2D eigenvalue weighted by molar-refractivity contribution is 7.97. The normalized spacial score (nSPS) is 18.5. The van der Waals surface area contributed by atoms with Crippen molar-refractivity contribution >= 4 is 29.7 Å². The molecule has 1 atom stereocenters. The topological polar surface area (TPSA) is 146 Å². The first-order valence-corrected chi connectivity index (χ1v) is 11.6. The second-order valence-electron chi connectivity index (χ2n) is 9.65. The number of amides is 1. The van der Waals surface area contributed by atoms with Crippen molar-refractivity contribution in [3.8, 4) is 0 Å². The SMILES string of the molecule is CC(C)(C)OC(=O)N1CC(CCCN(CC(N=N)=NN)c2cccc(SN)n2)CC1(C)C. The van der Waals surface area contributed by atoms with Gasteiger partial charge in [-0.25, -0.2) is 15.3 Å². The highest BCUT2D eigenvalue weighted by atomic mass is 32.2. The number of anilines is 1. The van der Waals surface area contributed by atoms with E-state index in [0.717, 1.165) is 37.0 Å². The molecule has 0 aromatic carbocycles. The quantitative estimate of drug-likeness (QED) is 0.132. The Morgan fingerprint density at radius 1 is 1.44 bits per heavy atom. The molecule has 0 bridgehead atoms. The largest absolute Gasteiger partial charge is 0.444 e. The summed E-state index contributed by atoms with van der Waals surface area (Å²) < 4.78 is 5.60. The van der Waals surface area contributed by atoms with Gasteiger partial charge in [0, 0.05) is 18.6 Å². The lowest BCUT2D eigenvalue weighted by atomic mass is 9.93. The number of nitrogens with two attached hydrogens (primary N) is 2. The minimum absolute atomic E-state index is 0.218. The summed E-state index contributed by atoms with van der Waals surface area (Å²) in [6.45, 7) is 11.5. The van der Waals surface area contributed by atoms with E-state index in [4.69, 9.17) is 21.2 Å². The maximum Gasteiger partial charge on any atom is 0.410 e. The number of pyridine rings is 1. The summed E-state index contributed by atoms with van der Waals surface area (Å²) in [5.41, 5.74) is 6.51. The Labute approximate surface area is 194 Å². The molecular formula is C21H36N8O2S. The average Bonchev–Trinajstić information content (AvgIpc) is 3.03. The molecule has 178 valence electrons. The van der Waals surface area contributed by atoms with Crippen LogP contribution in [0.15, 0.2) is 33.4 Å². The Morgan fingerprint density at radius 2 is 2.16 bits per heavy atom. The van der Waals surface area contributed by atoms with E-state index in [0.29, 0.717) is 24.0 Å². The molecule has 10 nitrogen and oxygen atoms in total. The maximum absolute atomic E-state index is 12.7. The molecular weight excluding hydrogens is 428 g/mol. The van der Waals surface area contributed by atoms with E-state index < -0.39 is 5.60 Å². The monoisotopic (exact) mass is 464 g/mol. The van der Waals surface area contributed by atoms with Crippen molar-refractivity contribution in [1.29, 1.82) is 5.53 Å². The van der Waals surface area contributed by atoms with Crippen molar-refractivity contribution in [1.82, 2.24) is 9.88 Å². The Balaban J connectivity index is 2.02. The number of aromatic nitrogens is 1. The summed E-state index contributed by atoms with van der Waals surface area (Å²) in [7, 11) is 0. The molecule has 1 aliphatic heterocycles. The number of hydrazone groups is 1. The Kier molecular flexibility index (Phi) is 8.85. The van der Waals surface area contributed by atoms with Gasteiger partial charge >= 0.3 is 6.09 Å². The van der Waals surface area contributed by atoms with Gasteiger partial charge in [-0.15, -0.1) is 5.11 Å². The van der Waals surface area contributed by atoms with Crippen LogP contribution < -0.4 is 15.9 Å². The summed E-state index contributed by atoms with van der Waals surface area (Å²) >= 11 is 1.08. The van der Waals surface area contributed by atoms with E-state index >= 15 is 0 Å². The van der Waals surface area contributed by atoms with Gasteiger partial charge in [0.25, 0.3) is 0 Å². The van der Waals surface area contributed by atoms with Gasteiger partial charge in [0.1, 0.15) is 16.4 Å². The third-order valence-corrected chi connectivity index (χ3v) is 5.85. The highest BCUT2D eigenvalue weighted by Crippen LogP contribution is 2.36. The van der Waals surface area contributed by atoms with Crippen LogP contribution in [0.1, 0.15) is 53.9 Å². The van der Waals surface area contributed by atoms with Crippen LogP contribution in [0.25, 0.3) is 0 Å². The van der Waals surface area contributed by atoms with Crippen LogP contribution in [0.5, 0.6) is 0 Å². The predicted octanol–water partition coefficient (Wildman–Crippen LogP) is 3.97. The lowest BCUT2D eigenvalue weighted by molar-refractivity contribution is 0.0131. The van der Waals surface area contributed by atoms with Gasteiger partial charge in [0.15, 0.2) is 5.84 Å². The van der Waals surface area contributed by atoms with Gasteiger partial charge in [0.05, 0.1) is 6.54 Å². The number of ether oxygens (including phenoxy) is 1. The fourth-order valence-corrected chi connectivity index (χ4v) is 4.29. The third-order valence-electron chi connectivity index (χ3n) is 5.38. The van der Waals surface area contributed by atoms with Crippen molar-refractivity contribution in [2.24, 2.45) is 27.1 Å². The van der Waals surface area contributed by atoms with E-state index in [1.165, 1.54) is 0 Å². The number of hydrogen-bond acceptors (Lipinski definition) is 9. The molecule has 1 saturated heterocycles. The van der Waals surface area contributed by atoms with Crippen molar-refractivity contribution in [2.45, 2.75) is 70.0 Å². The zero-order chi connectivity index (χ0) is 23.9. The van der Waals surface area contributed by atoms with Crippen LogP contribution >= 0.6 is 11.9 Å². The molecule has 1 fully saturated rings. The summed E-state index contributed by atoms with van der Waals surface area (Å²) in [5, 5.41) is 13.3. The molecule has 0 saturated carbocycles. The lowest BCUT2D eigenvalue weighted by Crippen LogP contribution is -2.45. The number of carbonyl (C=O) groups excluding carboxylic acids is 1. The van der Waals surface area contributed by atoms with Crippen LogP contribution in [0.4, 0.5) is 10.6 Å². The number of amidine groups is 1. The van der Waals surface area contributed by atoms with Crippen LogP contribution in [0.2, 0.25) is 0 Å². The molecule has 2 heterocycles. The first kappa shape index (κ1) is 25.9. The smallest absolute Gasteiger partial charge is 0.410 e. The minimum atomic E-state index is -0.514. The van der Waals surface area contributed by atoms with Crippen molar-refractivity contribution in [3.63, 3.8) is 0 Å². The second kappa shape index (κ2) is 11.0. The van der Waals surface area contributed by atoms with Gasteiger partial charge in [-0.1, -0.05) is 6.07 Å². The molecule has 2 rings (SSSR count). The standard InChI is InChI=1S/C21H36N8O2S/c1-20(2,3)31-19(30)29-13-15(12-21(29,4)5)8-7-11-28(14-16(26-22)27-23)17-9-6-10-18(25-17)32-24/h6,9-10,15,22H,7-8,11-14,23-24H2,1-5H3. The number of nitrogens with zero attached hydrogens (tertiary/aromatic N) is 5. The van der Waals surface area contributed by atoms with Gasteiger partial charge < -0.3 is 20.4 Å². The Morgan fingerprint density at radius 3 is 2.75 bits per heavy atom. The molecule has 0 spiro atoms. The fourth-order valence-electron chi connectivity index (χ4n) is 3.99. The van der Waals surface area contributed by atoms with E-state index in [2.05, 4.69) is 29.0 Å². The van der Waals surface area contributed by atoms with Crippen molar-refractivity contribution < 1.29 is 9.53 Å². The summed E-state index contributed by atoms with van der Waals surface area (Å²) in [6, 6.07) is 5.62. The molecule has 1 unspecified atom stereocenters. The lowest BCUT2D eigenvalue weighted by Gasteiger charge is -2.33. The summed E-state index contributed by atoms with van der Waals surface area (Å²) in [5.74, 6) is 6.69. The van der Waals surface area contributed by atoms with Gasteiger partial charge in [-0.2, -0.15) is 5.10 Å². The molecule has 0 aliphatic carbocycles. The van der Waals surface area contributed by atoms with Crippen LogP contribution in [-0.2, 0) is 4.74 Å². The zero-order valence-corrected chi connectivity index (χ0v) is 20.5. The van der Waals surface area contributed by atoms with E-state index in [1.54, 1.807) is 0 Å². The molecule has 32 heavy (non-hydrogen) atoms. The minimum Gasteiger partial charge on any atom is -0.444 e. The summed E-state index contributed by atoms with van der Waals surface area (Å²) in [6.07, 6.45) is 2.48. The van der Waals surface area contributed by atoms with Crippen LogP contribution in [-0.4, -0.2) is 52.6 Å². The van der Waals surface area contributed by atoms with Crippen molar-refractivity contribution in [3.05, 3.63) is 18.2 Å². The first-order chi connectivity index (χ1) is 15.0. The number of rotatable bonds is 8. The highest BCUT2D eigenvalue weighted by Gasteiger charge is 2.42. The predicted molar refractivity (Wildman–Crippen MR) is 128 cm³/mol. The van der Waals surface area contributed by atoms with Gasteiger partial charge in [-0.05, 0) is 83.9 Å². The number of nitrogens with one attached hydrogen (secondary N) is 1. The van der Waals surface area contributed by atoms with Gasteiger partial charge in [-0.3, -0.25) is 5.14 Å². The average molecular weight is 465 g/mol. The molecule has 1 aromatic heterocycles. The Bertz CT molecular complexity index is 824. The molecule has 1 aliphatic rings. The van der Waals surface area contributed by atoms with E-state index in [9.17, 15) is 4.79 Å². The first-order valence-electron chi connectivity index (χ1n) is 10.7. The number of hydrogen-bond donors (Lipinski definition) is 3. The molecule has 1 amide bonds. The van der Waals surface area contributed by atoms with E-state index in [1.807, 2.05) is 48.8 Å². The van der Waals surface area contributed by atoms with Gasteiger partial charge in [0.2, 0.25) is 0 Å². The van der Waals surface area contributed by atoms with E-state index in [-0.39, 0.29) is 24.0 Å².